The lowest BCUT2D eigenvalue weighted by atomic mass is 9.78. The van der Waals surface area contributed by atoms with Crippen LogP contribution in [0.15, 0.2) is 136 Å². The van der Waals surface area contributed by atoms with Crippen molar-refractivity contribution in [2.45, 2.75) is 109 Å². The third-order valence-corrected chi connectivity index (χ3v) is 15.6. The Morgan fingerprint density at radius 2 is 1.51 bits per heavy atom. The quantitative estimate of drug-likeness (QED) is 0.0349. The summed E-state index contributed by atoms with van der Waals surface area (Å²) < 4.78 is 69.7. The second-order valence-corrected chi connectivity index (χ2v) is 22.4. The van der Waals surface area contributed by atoms with E-state index in [2.05, 4.69) is 128 Å². The van der Waals surface area contributed by atoms with Gasteiger partial charge in [0.15, 0.2) is 5.71 Å². The van der Waals surface area contributed by atoms with E-state index in [4.69, 9.17) is 12.2 Å². The molecular formula is C55H60N3O6S3+. The molecule has 0 saturated carbocycles. The summed E-state index contributed by atoms with van der Waals surface area (Å²) in [7, 11) is -8.54. The molecule has 0 bridgehead atoms. The van der Waals surface area contributed by atoms with Gasteiger partial charge in [-0.15, -0.1) is 0 Å². The molecular weight excluding hydrogens is 895 g/mol. The third-order valence-electron chi connectivity index (χ3n) is 13.9. The maximum Gasteiger partial charge on any atom is 0.294 e. The van der Waals surface area contributed by atoms with Crippen molar-refractivity contribution in [1.29, 1.82) is 0 Å². The molecule has 0 amide bonds. The number of aryl methyl sites for hydroxylation is 1. The average Bonchev–Trinajstić information content (AvgIpc) is 3.63. The van der Waals surface area contributed by atoms with E-state index in [0.717, 1.165) is 78.7 Å². The molecule has 2 N–H and O–H groups in total. The first kappa shape index (κ1) is 48.1. The molecule has 0 fully saturated rings. The smallest absolute Gasteiger partial charge is 0.294 e. The van der Waals surface area contributed by atoms with Gasteiger partial charge in [-0.1, -0.05) is 87.4 Å². The molecule has 2 heterocycles. The summed E-state index contributed by atoms with van der Waals surface area (Å²) >= 11 is 4.94. The molecule has 9 nitrogen and oxygen atoms in total. The summed E-state index contributed by atoms with van der Waals surface area (Å²) in [6, 6.07) is 28.1. The zero-order valence-electron chi connectivity index (χ0n) is 39.3. The minimum Gasteiger partial charge on any atom is -0.344 e. The molecule has 0 unspecified atom stereocenters. The van der Waals surface area contributed by atoms with Crippen molar-refractivity contribution in [3.63, 3.8) is 0 Å². The summed E-state index contributed by atoms with van der Waals surface area (Å²) in [6.45, 7) is 14.9. The highest BCUT2D eigenvalue weighted by Crippen LogP contribution is 2.52. The Hall–Kier alpha value is -5.33. The molecule has 348 valence electrons. The van der Waals surface area contributed by atoms with Gasteiger partial charge in [-0.25, -0.2) is 0 Å². The van der Waals surface area contributed by atoms with Crippen LogP contribution in [0.2, 0.25) is 0 Å². The zero-order chi connectivity index (χ0) is 47.9. The van der Waals surface area contributed by atoms with Gasteiger partial charge < -0.3 is 4.90 Å². The molecule has 0 atom stereocenters. The van der Waals surface area contributed by atoms with E-state index in [1.807, 2.05) is 24.3 Å². The fourth-order valence-corrected chi connectivity index (χ4v) is 11.9. The SMILES string of the molecule is CCCCC[N+]1=C(/C=C/C2=C(c3ccc(N=C=S)cc3)C(=C/C=C3/N(CCCCS(=O)(=O)O)c4ccc5cc(S(=O)(=O)O)ccc5c4C3(C)C)/CCC2)C(C)(C)c2c1ccc1cc(C)ccc21. The Kier molecular flexibility index (Phi) is 13.6. The van der Waals surface area contributed by atoms with Crippen LogP contribution in [-0.4, -0.2) is 60.2 Å². The highest BCUT2D eigenvalue weighted by atomic mass is 32.2. The number of hydrogen-bond donors (Lipinski definition) is 2. The number of hydrogen-bond acceptors (Lipinski definition) is 7. The number of allylic oxidation sites excluding steroid dienone is 8. The average molecular weight is 955 g/mol. The Morgan fingerprint density at radius 1 is 0.791 bits per heavy atom. The minimum atomic E-state index is -4.41. The third kappa shape index (κ3) is 9.71. The molecule has 8 rings (SSSR count). The van der Waals surface area contributed by atoms with Crippen molar-refractivity contribution in [2.24, 2.45) is 4.99 Å². The van der Waals surface area contributed by atoms with Gasteiger partial charge in [-0.3, -0.25) is 9.11 Å². The van der Waals surface area contributed by atoms with E-state index in [1.165, 1.54) is 62.2 Å². The largest absolute Gasteiger partial charge is 0.344 e. The van der Waals surface area contributed by atoms with E-state index in [0.29, 0.717) is 18.4 Å². The molecule has 5 aromatic rings. The number of thiocarbonyl (C=S) groups is 1. The van der Waals surface area contributed by atoms with Crippen LogP contribution in [0.1, 0.15) is 108 Å². The second kappa shape index (κ2) is 19.0. The topological polar surface area (TPSA) is 127 Å². The van der Waals surface area contributed by atoms with Crippen LogP contribution in [0.4, 0.5) is 17.1 Å². The number of anilines is 1. The normalized spacial score (nSPS) is 18.2. The van der Waals surface area contributed by atoms with Crippen LogP contribution in [0.3, 0.4) is 0 Å². The minimum absolute atomic E-state index is 0.172. The molecule has 3 aliphatic rings. The monoisotopic (exact) mass is 954 g/mol. The molecule has 0 saturated heterocycles. The van der Waals surface area contributed by atoms with Crippen molar-refractivity contribution >= 4 is 87.5 Å². The van der Waals surface area contributed by atoms with Gasteiger partial charge in [-0.05, 0) is 163 Å². The van der Waals surface area contributed by atoms with E-state index >= 15 is 0 Å². The Labute approximate surface area is 401 Å². The standard InChI is InChI=1S/C55H59N3O6S3/c1-7-8-9-31-57-47-27-18-41-34-37(2)15-25-45(41)52(47)54(3,4)49(57)29-20-38-13-12-14-39(51(38)40-16-22-43(23-17-40)56-36-65)21-30-50-55(5,6)53-46-26-24-44(67(62,63)64)35-42(46)19-28-48(53)58(50)32-10-11-33-66(59,60)61/h15-30,34-35H,7-14,31-33H2,1-6H3,(H-,59,60,61,62,63,64)/p+1. The molecule has 0 spiro atoms. The van der Waals surface area contributed by atoms with Gasteiger partial charge >= 0.3 is 0 Å². The number of fused-ring (bicyclic) bond motifs is 6. The Bertz CT molecular complexity index is 3240. The van der Waals surface area contributed by atoms with Crippen LogP contribution in [0.25, 0.3) is 27.1 Å². The van der Waals surface area contributed by atoms with Gasteiger partial charge in [0.1, 0.15) is 6.54 Å². The highest BCUT2D eigenvalue weighted by molar-refractivity contribution is 7.86. The van der Waals surface area contributed by atoms with Crippen LogP contribution in [-0.2, 0) is 31.1 Å². The number of isothiocyanates is 1. The molecule has 5 aromatic carbocycles. The molecule has 67 heavy (non-hydrogen) atoms. The van der Waals surface area contributed by atoms with Gasteiger partial charge in [0.25, 0.3) is 20.2 Å². The summed E-state index contributed by atoms with van der Waals surface area (Å²) in [4.78, 5) is 6.30. The number of rotatable bonds is 15. The van der Waals surface area contributed by atoms with E-state index in [1.54, 1.807) is 6.07 Å². The Balaban J connectivity index is 1.27. The summed E-state index contributed by atoms with van der Waals surface area (Å²) in [6.07, 6.45) is 16.1. The van der Waals surface area contributed by atoms with Crippen LogP contribution >= 0.6 is 12.2 Å². The van der Waals surface area contributed by atoms with E-state index in [9.17, 15) is 25.9 Å². The van der Waals surface area contributed by atoms with Crippen molar-refractivity contribution in [3.05, 3.63) is 148 Å². The first-order valence-corrected chi connectivity index (χ1v) is 26.8. The highest BCUT2D eigenvalue weighted by Gasteiger charge is 2.46. The van der Waals surface area contributed by atoms with Crippen molar-refractivity contribution in [2.75, 3.05) is 23.7 Å². The van der Waals surface area contributed by atoms with Gasteiger partial charge in [0, 0.05) is 47.5 Å². The van der Waals surface area contributed by atoms with Crippen LogP contribution in [0.5, 0.6) is 0 Å². The molecule has 12 heteroatoms. The van der Waals surface area contributed by atoms with E-state index < -0.39 is 25.7 Å². The molecule has 0 aromatic heterocycles. The first-order chi connectivity index (χ1) is 31.8. The van der Waals surface area contributed by atoms with E-state index in [-0.39, 0.29) is 22.5 Å². The van der Waals surface area contributed by atoms with Crippen molar-refractivity contribution in [3.8, 4) is 0 Å². The number of benzene rings is 5. The predicted octanol–water partition coefficient (Wildman–Crippen LogP) is 13.3. The molecule has 1 aliphatic carbocycles. The molecule has 2 aliphatic heterocycles. The lowest BCUT2D eigenvalue weighted by Crippen LogP contribution is -2.28. The fraction of sp³-hybridized carbons (Fsp3) is 0.345. The lowest BCUT2D eigenvalue weighted by Gasteiger charge is -2.28. The van der Waals surface area contributed by atoms with Crippen molar-refractivity contribution in [1.82, 2.24) is 0 Å². The number of unbranched alkanes of at least 4 members (excludes halogenated alkanes) is 3. The molecule has 0 radical (unpaired) electrons. The summed E-state index contributed by atoms with van der Waals surface area (Å²) in [5, 5.41) is 6.60. The maximum absolute atomic E-state index is 12.1. The zero-order valence-corrected chi connectivity index (χ0v) is 41.7. The number of nitrogens with zero attached hydrogens (tertiary/aromatic N) is 3. The Morgan fingerprint density at radius 3 is 2.22 bits per heavy atom. The first-order valence-electron chi connectivity index (χ1n) is 23.3. The predicted molar refractivity (Wildman–Crippen MR) is 278 cm³/mol. The number of aliphatic imine (C=N–C) groups is 1. The summed E-state index contributed by atoms with van der Waals surface area (Å²) in [5.41, 5.74) is 12.7. The summed E-state index contributed by atoms with van der Waals surface area (Å²) in [5.74, 6) is -0.329. The lowest BCUT2D eigenvalue weighted by molar-refractivity contribution is -0.438. The van der Waals surface area contributed by atoms with Gasteiger partial charge in [0.2, 0.25) is 5.69 Å². The fourth-order valence-electron chi connectivity index (χ4n) is 10.7. The van der Waals surface area contributed by atoms with Crippen molar-refractivity contribution < 1.29 is 30.5 Å². The van der Waals surface area contributed by atoms with Crippen LogP contribution < -0.4 is 4.90 Å². The maximum atomic E-state index is 12.1. The van der Waals surface area contributed by atoms with Gasteiger partial charge in [-0.2, -0.15) is 26.4 Å². The van der Waals surface area contributed by atoms with Gasteiger partial charge in [0.05, 0.1) is 26.9 Å². The van der Waals surface area contributed by atoms with Crippen LogP contribution in [0, 0.1) is 6.92 Å². The second-order valence-electron chi connectivity index (χ2n) is 19.2.